The molecule has 0 radical (unpaired) electrons. The molecule has 1 unspecified atom stereocenters. The van der Waals surface area contributed by atoms with Crippen LogP contribution in [0.1, 0.15) is 37.7 Å². The Balaban J connectivity index is 2.04. The van der Waals surface area contributed by atoms with Crippen LogP contribution in [-0.2, 0) is 15.0 Å². The fourth-order valence-electron chi connectivity index (χ4n) is 2.56. The number of aromatic nitrogens is 1. The minimum atomic E-state index is -0.690. The quantitative estimate of drug-likeness (QED) is 0.841. The number of amides is 2. The Morgan fingerprint density at radius 1 is 1.00 bits per heavy atom. The maximum absolute atomic E-state index is 12.3. The van der Waals surface area contributed by atoms with Crippen LogP contribution in [0.15, 0.2) is 42.5 Å². The van der Waals surface area contributed by atoms with E-state index in [1.807, 2.05) is 58.0 Å². The predicted octanol–water partition coefficient (Wildman–Crippen LogP) is 3.12. The topological polar surface area (TPSA) is 71.1 Å². The van der Waals surface area contributed by atoms with E-state index in [1.165, 1.54) is 0 Å². The van der Waals surface area contributed by atoms with Crippen LogP contribution in [-0.4, -0.2) is 22.8 Å². The van der Waals surface area contributed by atoms with E-state index in [0.717, 1.165) is 11.3 Å². The largest absolute Gasteiger partial charge is 0.344 e. The second-order valence-corrected chi connectivity index (χ2v) is 6.82. The molecule has 0 aliphatic rings. The Kier molecular flexibility index (Phi) is 5.57. The van der Waals surface area contributed by atoms with Gasteiger partial charge in [-0.3, -0.25) is 14.6 Å². The first kappa shape index (κ1) is 18.6. The molecule has 25 heavy (non-hydrogen) atoms. The monoisotopic (exact) mass is 339 g/mol. The third-order valence-corrected chi connectivity index (χ3v) is 4.63. The van der Waals surface area contributed by atoms with Gasteiger partial charge in [0, 0.05) is 17.2 Å². The Hall–Kier alpha value is -2.69. The number of rotatable bonds is 4. The third kappa shape index (κ3) is 4.44. The lowest BCUT2D eigenvalue weighted by Crippen LogP contribution is -2.49. The molecular weight excluding hydrogens is 314 g/mol. The highest BCUT2D eigenvalue weighted by molar-refractivity contribution is 6.39. The number of anilines is 1. The number of hydrogen-bond acceptors (Lipinski definition) is 3. The van der Waals surface area contributed by atoms with E-state index in [0.29, 0.717) is 11.4 Å². The van der Waals surface area contributed by atoms with E-state index in [-0.39, 0.29) is 11.5 Å². The van der Waals surface area contributed by atoms with Crippen molar-refractivity contribution in [3.05, 3.63) is 59.4 Å². The fourth-order valence-corrected chi connectivity index (χ4v) is 2.56. The van der Waals surface area contributed by atoms with Gasteiger partial charge in [0.25, 0.3) is 0 Å². The summed E-state index contributed by atoms with van der Waals surface area (Å²) in [6, 6.07) is 13.2. The second-order valence-electron chi connectivity index (χ2n) is 6.82. The zero-order valence-electron chi connectivity index (χ0n) is 15.4. The molecule has 1 aromatic carbocycles. The van der Waals surface area contributed by atoms with Crippen molar-refractivity contribution >= 4 is 17.5 Å². The molecule has 2 N–H and O–H groups in total. The van der Waals surface area contributed by atoms with Crippen molar-refractivity contribution in [2.45, 2.75) is 46.1 Å². The van der Waals surface area contributed by atoms with Gasteiger partial charge < -0.3 is 10.6 Å². The second kappa shape index (κ2) is 7.47. The molecule has 0 saturated carbocycles. The lowest BCUT2D eigenvalue weighted by molar-refractivity contribution is -0.136. The molecule has 0 aliphatic carbocycles. The van der Waals surface area contributed by atoms with Gasteiger partial charge in [0.2, 0.25) is 0 Å². The van der Waals surface area contributed by atoms with Crippen molar-refractivity contribution in [1.82, 2.24) is 10.3 Å². The van der Waals surface area contributed by atoms with Crippen molar-refractivity contribution in [2.75, 3.05) is 5.32 Å². The highest BCUT2D eigenvalue weighted by atomic mass is 16.2. The SMILES string of the molecule is Cc1ccc(NC(=O)C(=O)NC(C)C(C)(C)c2ccccc2)c(C)n1. The smallest absolute Gasteiger partial charge is 0.313 e. The van der Waals surface area contributed by atoms with E-state index >= 15 is 0 Å². The molecule has 0 fully saturated rings. The Labute approximate surface area is 148 Å². The summed E-state index contributed by atoms with van der Waals surface area (Å²) in [7, 11) is 0. The van der Waals surface area contributed by atoms with E-state index in [9.17, 15) is 9.59 Å². The van der Waals surface area contributed by atoms with Gasteiger partial charge in [-0.1, -0.05) is 44.2 Å². The number of pyridine rings is 1. The van der Waals surface area contributed by atoms with Crippen LogP contribution in [0.25, 0.3) is 0 Å². The lowest BCUT2D eigenvalue weighted by Gasteiger charge is -2.32. The Morgan fingerprint density at radius 3 is 2.24 bits per heavy atom. The van der Waals surface area contributed by atoms with Crippen molar-refractivity contribution in [3.8, 4) is 0 Å². The molecule has 2 amide bonds. The molecule has 0 saturated heterocycles. The lowest BCUT2D eigenvalue weighted by atomic mass is 9.78. The van der Waals surface area contributed by atoms with Crippen LogP contribution < -0.4 is 10.6 Å². The van der Waals surface area contributed by atoms with Crippen LogP contribution >= 0.6 is 0 Å². The summed E-state index contributed by atoms with van der Waals surface area (Å²) in [5.74, 6) is -1.35. The van der Waals surface area contributed by atoms with Gasteiger partial charge in [0.15, 0.2) is 0 Å². The summed E-state index contributed by atoms with van der Waals surface area (Å²) in [6.07, 6.45) is 0. The van der Waals surface area contributed by atoms with Gasteiger partial charge in [0.1, 0.15) is 0 Å². The average molecular weight is 339 g/mol. The van der Waals surface area contributed by atoms with Gasteiger partial charge >= 0.3 is 11.8 Å². The van der Waals surface area contributed by atoms with Crippen LogP contribution in [0.2, 0.25) is 0 Å². The highest BCUT2D eigenvalue weighted by Gasteiger charge is 2.30. The first-order valence-corrected chi connectivity index (χ1v) is 8.33. The van der Waals surface area contributed by atoms with Gasteiger partial charge in [-0.2, -0.15) is 0 Å². The van der Waals surface area contributed by atoms with Crippen molar-refractivity contribution in [2.24, 2.45) is 0 Å². The summed E-state index contributed by atoms with van der Waals surface area (Å²) in [5, 5.41) is 5.42. The van der Waals surface area contributed by atoms with E-state index in [4.69, 9.17) is 0 Å². The maximum atomic E-state index is 12.3. The summed E-state index contributed by atoms with van der Waals surface area (Å²) in [4.78, 5) is 28.7. The highest BCUT2D eigenvalue weighted by Crippen LogP contribution is 2.26. The number of carbonyl (C=O) groups is 2. The molecule has 0 spiro atoms. The number of carbonyl (C=O) groups excluding carboxylic acids is 2. The molecule has 5 heteroatoms. The molecule has 2 rings (SSSR count). The van der Waals surface area contributed by atoms with Crippen LogP contribution in [0.5, 0.6) is 0 Å². The summed E-state index contributed by atoms with van der Waals surface area (Å²) >= 11 is 0. The van der Waals surface area contributed by atoms with Gasteiger partial charge in [-0.15, -0.1) is 0 Å². The molecule has 5 nitrogen and oxygen atoms in total. The normalized spacial score (nSPS) is 12.4. The first-order valence-electron chi connectivity index (χ1n) is 8.33. The predicted molar refractivity (Wildman–Crippen MR) is 99.4 cm³/mol. The summed E-state index contributed by atoms with van der Waals surface area (Å²) < 4.78 is 0. The molecule has 1 aromatic heterocycles. The zero-order chi connectivity index (χ0) is 18.6. The average Bonchev–Trinajstić information content (AvgIpc) is 2.57. The van der Waals surface area contributed by atoms with Gasteiger partial charge in [0.05, 0.1) is 11.4 Å². The molecule has 132 valence electrons. The van der Waals surface area contributed by atoms with E-state index < -0.39 is 11.8 Å². The number of nitrogens with one attached hydrogen (secondary N) is 2. The number of hydrogen-bond donors (Lipinski definition) is 2. The van der Waals surface area contributed by atoms with E-state index in [2.05, 4.69) is 15.6 Å². The zero-order valence-corrected chi connectivity index (χ0v) is 15.4. The Morgan fingerprint density at radius 2 is 1.64 bits per heavy atom. The molecular formula is C20H25N3O2. The summed E-state index contributed by atoms with van der Waals surface area (Å²) in [6.45, 7) is 9.65. The minimum Gasteiger partial charge on any atom is -0.344 e. The Bertz CT molecular complexity index is 770. The third-order valence-electron chi connectivity index (χ3n) is 4.63. The van der Waals surface area contributed by atoms with Crippen molar-refractivity contribution < 1.29 is 9.59 Å². The summed E-state index contributed by atoms with van der Waals surface area (Å²) in [5.41, 5.74) is 2.87. The molecule has 1 atom stereocenters. The minimum absolute atomic E-state index is 0.217. The number of aryl methyl sites for hydroxylation is 2. The van der Waals surface area contributed by atoms with Crippen molar-refractivity contribution in [1.29, 1.82) is 0 Å². The maximum Gasteiger partial charge on any atom is 0.313 e. The number of nitrogens with zero attached hydrogens (tertiary/aromatic N) is 1. The van der Waals surface area contributed by atoms with Gasteiger partial charge in [-0.05, 0) is 38.5 Å². The van der Waals surface area contributed by atoms with Gasteiger partial charge in [-0.25, -0.2) is 0 Å². The molecule has 2 aromatic rings. The van der Waals surface area contributed by atoms with Crippen LogP contribution in [0.4, 0.5) is 5.69 Å². The first-order chi connectivity index (χ1) is 11.7. The molecule has 0 bridgehead atoms. The standard InChI is InChI=1S/C20H25N3O2/c1-13-11-12-17(14(2)21-13)23-19(25)18(24)22-15(3)20(4,5)16-9-7-6-8-10-16/h6-12,15H,1-5H3,(H,22,24)(H,23,25). The van der Waals surface area contributed by atoms with Crippen LogP contribution in [0.3, 0.4) is 0 Å². The fraction of sp³-hybridized carbons (Fsp3) is 0.350. The van der Waals surface area contributed by atoms with Crippen molar-refractivity contribution in [3.63, 3.8) is 0 Å². The molecule has 1 heterocycles. The molecule has 0 aliphatic heterocycles. The van der Waals surface area contributed by atoms with E-state index in [1.54, 1.807) is 19.1 Å². The number of benzene rings is 1. The van der Waals surface area contributed by atoms with Crippen LogP contribution in [0, 0.1) is 13.8 Å².